The van der Waals surface area contributed by atoms with Gasteiger partial charge >= 0.3 is 6.01 Å². The maximum absolute atomic E-state index is 5.59. The van der Waals surface area contributed by atoms with Crippen LogP contribution in [0.25, 0.3) is 0 Å². The van der Waals surface area contributed by atoms with Crippen LogP contribution in [0.15, 0.2) is 4.42 Å². The highest BCUT2D eigenvalue weighted by atomic mass is 35.5. The Morgan fingerprint density at radius 2 is 2.12 bits per heavy atom. The molecule has 0 unspecified atom stereocenters. The number of nitrogens with zero attached hydrogens (tertiary/aromatic N) is 2. The third-order valence-electron chi connectivity index (χ3n) is 3.08. The normalized spacial score (nSPS) is 16.8. The molecule has 5 heteroatoms. The van der Waals surface area contributed by atoms with Gasteiger partial charge in [0.2, 0.25) is 5.89 Å². The summed E-state index contributed by atoms with van der Waals surface area (Å²) < 4.78 is 5.37. The summed E-state index contributed by atoms with van der Waals surface area (Å²) in [5, 5.41) is 11.0. The fourth-order valence-electron chi connectivity index (χ4n) is 2.19. The molecule has 16 heavy (non-hydrogen) atoms. The molecule has 0 spiro atoms. The molecule has 1 N–H and O–H groups in total. The molecule has 1 saturated carbocycles. The van der Waals surface area contributed by atoms with Crippen LogP contribution >= 0.6 is 11.6 Å². The largest absolute Gasteiger partial charge is 0.408 e. The fourth-order valence-corrected chi connectivity index (χ4v) is 2.35. The Morgan fingerprint density at radius 3 is 2.88 bits per heavy atom. The second-order valence-corrected chi connectivity index (χ2v) is 4.68. The fraction of sp³-hybridized carbons (Fsp3) is 0.818. The van der Waals surface area contributed by atoms with Gasteiger partial charge in [0, 0.05) is 18.8 Å². The number of aryl methyl sites for hydroxylation is 1. The molecule has 1 aliphatic carbocycles. The van der Waals surface area contributed by atoms with E-state index in [1.54, 1.807) is 0 Å². The Morgan fingerprint density at radius 1 is 1.31 bits per heavy atom. The number of halogens is 1. The highest BCUT2D eigenvalue weighted by Crippen LogP contribution is 2.27. The van der Waals surface area contributed by atoms with Gasteiger partial charge in [0.1, 0.15) is 0 Å². The van der Waals surface area contributed by atoms with Crippen molar-refractivity contribution < 1.29 is 4.42 Å². The molecule has 0 aliphatic heterocycles. The topological polar surface area (TPSA) is 51.0 Å². The molecule has 0 atom stereocenters. The average Bonchev–Trinajstić information content (AvgIpc) is 2.90. The lowest BCUT2D eigenvalue weighted by Crippen LogP contribution is -2.06. The first-order valence-electron chi connectivity index (χ1n) is 6.00. The molecule has 0 bridgehead atoms. The van der Waals surface area contributed by atoms with Crippen LogP contribution < -0.4 is 5.32 Å². The lowest BCUT2D eigenvalue weighted by Gasteiger charge is -2.07. The molecule has 1 aromatic heterocycles. The van der Waals surface area contributed by atoms with E-state index >= 15 is 0 Å². The van der Waals surface area contributed by atoms with Crippen molar-refractivity contribution in [1.29, 1.82) is 0 Å². The summed E-state index contributed by atoms with van der Waals surface area (Å²) in [4.78, 5) is 0. The van der Waals surface area contributed by atoms with Crippen molar-refractivity contribution in [2.24, 2.45) is 5.92 Å². The lowest BCUT2D eigenvalue weighted by atomic mass is 10.0. The Hall–Kier alpha value is -0.770. The van der Waals surface area contributed by atoms with Gasteiger partial charge in [-0.2, -0.15) is 0 Å². The molecule has 1 fully saturated rings. The van der Waals surface area contributed by atoms with E-state index in [0.29, 0.717) is 24.2 Å². The summed E-state index contributed by atoms with van der Waals surface area (Å²) >= 11 is 5.59. The lowest BCUT2D eigenvalue weighted by molar-refractivity contribution is 0.494. The maximum atomic E-state index is 5.59. The van der Waals surface area contributed by atoms with Crippen molar-refractivity contribution in [3.8, 4) is 0 Å². The highest BCUT2D eigenvalue weighted by molar-refractivity contribution is 6.17. The van der Waals surface area contributed by atoms with Gasteiger partial charge < -0.3 is 9.73 Å². The second kappa shape index (κ2) is 6.09. The molecule has 1 aliphatic rings. The van der Waals surface area contributed by atoms with E-state index in [9.17, 15) is 0 Å². The van der Waals surface area contributed by atoms with E-state index < -0.39 is 0 Å². The molecular weight excluding hydrogens is 226 g/mol. The Labute approximate surface area is 101 Å². The molecule has 4 nitrogen and oxygen atoms in total. The van der Waals surface area contributed by atoms with Crippen molar-refractivity contribution in [2.45, 2.75) is 38.5 Å². The Bertz CT molecular complexity index is 310. The van der Waals surface area contributed by atoms with Gasteiger partial charge in [0.15, 0.2) is 0 Å². The SMILES string of the molecule is ClCCc1nnc(NCCC2CCCC2)o1. The van der Waals surface area contributed by atoms with Crippen LogP contribution in [-0.4, -0.2) is 22.6 Å². The smallest absolute Gasteiger partial charge is 0.315 e. The van der Waals surface area contributed by atoms with Crippen molar-refractivity contribution in [1.82, 2.24) is 10.2 Å². The summed E-state index contributed by atoms with van der Waals surface area (Å²) in [5.74, 6) is 2.01. The quantitative estimate of drug-likeness (QED) is 0.781. The van der Waals surface area contributed by atoms with E-state index in [0.717, 1.165) is 12.5 Å². The second-order valence-electron chi connectivity index (χ2n) is 4.31. The first-order valence-corrected chi connectivity index (χ1v) is 6.54. The number of hydrogen-bond acceptors (Lipinski definition) is 4. The van der Waals surface area contributed by atoms with E-state index in [2.05, 4.69) is 15.5 Å². The van der Waals surface area contributed by atoms with Gasteiger partial charge in [0.05, 0.1) is 0 Å². The molecule has 90 valence electrons. The molecule has 0 radical (unpaired) electrons. The van der Waals surface area contributed by atoms with Crippen molar-refractivity contribution in [2.75, 3.05) is 17.7 Å². The minimum Gasteiger partial charge on any atom is -0.408 e. The third kappa shape index (κ3) is 3.37. The van der Waals surface area contributed by atoms with Gasteiger partial charge in [-0.25, -0.2) is 0 Å². The van der Waals surface area contributed by atoms with Crippen LogP contribution in [0.3, 0.4) is 0 Å². The predicted molar refractivity (Wildman–Crippen MR) is 63.8 cm³/mol. The van der Waals surface area contributed by atoms with Crippen molar-refractivity contribution in [3.63, 3.8) is 0 Å². The summed E-state index contributed by atoms with van der Waals surface area (Å²) in [7, 11) is 0. The first-order chi connectivity index (χ1) is 7.88. The number of hydrogen-bond donors (Lipinski definition) is 1. The van der Waals surface area contributed by atoms with Crippen LogP contribution in [-0.2, 0) is 6.42 Å². The zero-order valence-corrected chi connectivity index (χ0v) is 10.2. The highest BCUT2D eigenvalue weighted by Gasteiger charge is 2.14. The molecule has 2 rings (SSSR count). The molecule has 0 aromatic carbocycles. The van der Waals surface area contributed by atoms with Gasteiger partial charge in [-0.1, -0.05) is 30.8 Å². The number of alkyl halides is 1. The Balaban J connectivity index is 1.67. The standard InChI is InChI=1S/C11H18ClN3O/c12-7-5-10-14-15-11(16-10)13-8-6-9-3-1-2-4-9/h9H,1-8H2,(H,13,15). The van der Waals surface area contributed by atoms with Crippen molar-refractivity contribution in [3.05, 3.63) is 5.89 Å². The Kier molecular flexibility index (Phi) is 4.45. The van der Waals surface area contributed by atoms with Crippen LogP contribution in [0, 0.1) is 5.92 Å². The first kappa shape index (κ1) is 11.7. The number of anilines is 1. The predicted octanol–water partition coefficient (Wildman–Crippen LogP) is 2.84. The number of aromatic nitrogens is 2. The summed E-state index contributed by atoms with van der Waals surface area (Å²) in [6.45, 7) is 0.924. The molecule has 1 aromatic rings. The molecular formula is C11H18ClN3O. The maximum Gasteiger partial charge on any atom is 0.315 e. The van der Waals surface area contributed by atoms with Crippen LogP contribution in [0.2, 0.25) is 0 Å². The third-order valence-corrected chi connectivity index (χ3v) is 3.27. The minimum absolute atomic E-state index is 0.518. The molecule has 1 heterocycles. The zero-order chi connectivity index (χ0) is 11.2. The zero-order valence-electron chi connectivity index (χ0n) is 9.41. The number of rotatable bonds is 6. The minimum atomic E-state index is 0.518. The van der Waals surface area contributed by atoms with Crippen LogP contribution in [0.4, 0.5) is 6.01 Å². The van der Waals surface area contributed by atoms with Gasteiger partial charge in [-0.3, -0.25) is 0 Å². The van der Waals surface area contributed by atoms with Gasteiger partial charge in [-0.05, 0) is 12.3 Å². The monoisotopic (exact) mass is 243 g/mol. The number of nitrogens with one attached hydrogen (secondary N) is 1. The van der Waals surface area contributed by atoms with E-state index in [1.165, 1.54) is 32.1 Å². The molecule has 0 amide bonds. The van der Waals surface area contributed by atoms with Gasteiger partial charge in [0.25, 0.3) is 0 Å². The van der Waals surface area contributed by atoms with E-state index in [4.69, 9.17) is 16.0 Å². The molecule has 0 saturated heterocycles. The van der Waals surface area contributed by atoms with E-state index in [1.807, 2.05) is 0 Å². The summed E-state index contributed by atoms with van der Waals surface area (Å²) in [6.07, 6.45) is 7.38. The van der Waals surface area contributed by atoms with Crippen molar-refractivity contribution >= 4 is 17.6 Å². The average molecular weight is 244 g/mol. The summed E-state index contributed by atoms with van der Waals surface area (Å²) in [6, 6.07) is 0.526. The van der Waals surface area contributed by atoms with Gasteiger partial charge in [-0.15, -0.1) is 16.7 Å². The van der Waals surface area contributed by atoms with Crippen LogP contribution in [0.5, 0.6) is 0 Å². The van der Waals surface area contributed by atoms with E-state index in [-0.39, 0.29) is 0 Å². The summed E-state index contributed by atoms with van der Waals surface area (Å²) in [5.41, 5.74) is 0. The van der Waals surface area contributed by atoms with Crippen LogP contribution in [0.1, 0.15) is 38.0 Å².